The smallest absolute Gasteiger partial charge is 0.344 e. The highest BCUT2D eigenvalue weighted by Gasteiger charge is 2.41. The number of rotatable bonds is 13. The maximum absolute atomic E-state index is 14.5. The van der Waals surface area contributed by atoms with Crippen LogP contribution in [-0.4, -0.2) is 64.3 Å². The number of carbonyl (C=O) groups is 3. The van der Waals surface area contributed by atoms with Crippen molar-refractivity contribution in [2.24, 2.45) is 0 Å². The molecule has 1 aliphatic carbocycles. The Hall–Kier alpha value is -3.45. The molecule has 0 bridgehead atoms. The lowest BCUT2D eigenvalue weighted by Gasteiger charge is -2.18. The molecule has 0 radical (unpaired) electrons. The van der Waals surface area contributed by atoms with E-state index < -0.39 is 30.2 Å². The van der Waals surface area contributed by atoms with E-state index in [1.54, 1.807) is 0 Å². The Labute approximate surface area is 273 Å². The Bertz CT molecular complexity index is 1350. The Kier molecular flexibility index (Phi) is 13.8. The van der Waals surface area contributed by atoms with Crippen molar-refractivity contribution in [3.05, 3.63) is 34.1 Å². The third-order valence-electron chi connectivity index (χ3n) is 6.62. The van der Waals surface area contributed by atoms with E-state index in [0.29, 0.717) is 54.6 Å². The Balaban J connectivity index is 0.000000292. The first kappa shape index (κ1) is 36.0. The molecule has 2 aliphatic rings. The fourth-order valence-electron chi connectivity index (χ4n) is 4.57. The number of hydrogen-bond donors (Lipinski definition) is 2. The normalized spacial score (nSPS) is 14.4. The van der Waals surface area contributed by atoms with Crippen LogP contribution in [-0.2, 0) is 19.1 Å². The van der Waals surface area contributed by atoms with Gasteiger partial charge in [-0.15, -0.1) is 0 Å². The van der Waals surface area contributed by atoms with Gasteiger partial charge in [0.05, 0.1) is 17.3 Å². The van der Waals surface area contributed by atoms with Gasteiger partial charge in [0.2, 0.25) is 11.9 Å². The van der Waals surface area contributed by atoms with Gasteiger partial charge in [-0.3, -0.25) is 9.59 Å². The molecule has 11 nitrogen and oxygen atoms in total. The molecule has 0 saturated heterocycles. The number of thioether (sulfide) groups is 1. The number of benzene rings is 1. The van der Waals surface area contributed by atoms with Gasteiger partial charge in [-0.05, 0) is 72.1 Å². The average Bonchev–Trinajstić information content (AvgIpc) is 3.23. The summed E-state index contributed by atoms with van der Waals surface area (Å²) in [5, 5.41) is 7.01. The van der Waals surface area contributed by atoms with Crippen molar-refractivity contribution in [2.45, 2.75) is 96.8 Å². The van der Waals surface area contributed by atoms with Crippen LogP contribution in [0.15, 0.2) is 28.4 Å². The second kappa shape index (κ2) is 17.3. The number of hydrogen-bond acceptors (Lipinski definition) is 11. The third-order valence-corrected chi connectivity index (χ3v) is 7.47. The second-order valence-corrected chi connectivity index (χ2v) is 12.3. The summed E-state index contributed by atoms with van der Waals surface area (Å²) in [6, 6.07) is 2.76. The quantitative estimate of drug-likeness (QED) is 0.104. The average molecular weight is 665 g/mol. The van der Waals surface area contributed by atoms with E-state index in [2.05, 4.69) is 53.3 Å². The minimum Gasteiger partial charge on any atom is -0.480 e. The number of amides is 2. The molecule has 2 heterocycles. The summed E-state index contributed by atoms with van der Waals surface area (Å²) in [7, 11) is 0. The molecule has 4 rings (SSSR count). The second-order valence-electron chi connectivity index (χ2n) is 11.1. The number of unbranched alkanes of at least 4 members (excludes halogenated alkanes) is 2. The lowest BCUT2D eigenvalue weighted by molar-refractivity contribution is -0.146. The molecule has 0 unspecified atom stereocenters. The molecule has 1 aromatic carbocycles. The van der Waals surface area contributed by atoms with Crippen molar-refractivity contribution >= 4 is 58.7 Å². The Morgan fingerprint density at radius 1 is 1.00 bits per heavy atom. The summed E-state index contributed by atoms with van der Waals surface area (Å²) >= 11 is 7.53. The highest BCUT2D eigenvalue weighted by atomic mass is 35.5. The number of aromatic nitrogens is 3. The lowest BCUT2D eigenvalue weighted by Crippen LogP contribution is -2.32. The monoisotopic (exact) mass is 664 g/mol. The first-order valence-electron chi connectivity index (χ1n) is 15.2. The molecule has 2 amide bonds. The van der Waals surface area contributed by atoms with Crippen molar-refractivity contribution in [1.82, 2.24) is 15.0 Å². The molecule has 0 saturated carbocycles. The van der Waals surface area contributed by atoms with Crippen LogP contribution >= 0.6 is 23.4 Å². The Morgan fingerprint density at radius 2 is 1.58 bits per heavy atom. The van der Waals surface area contributed by atoms with Crippen LogP contribution in [0.5, 0.6) is 5.75 Å². The van der Waals surface area contributed by atoms with Gasteiger partial charge < -0.3 is 20.1 Å². The predicted molar refractivity (Wildman–Crippen MR) is 175 cm³/mol. The molecule has 14 heteroatoms. The van der Waals surface area contributed by atoms with Crippen molar-refractivity contribution in [3.63, 3.8) is 0 Å². The van der Waals surface area contributed by atoms with E-state index in [1.807, 2.05) is 13.2 Å². The zero-order valence-electron chi connectivity index (χ0n) is 26.7. The minimum absolute atomic E-state index is 0.000883. The van der Waals surface area contributed by atoms with E-state index in [-0.39, 0.29) is 16.5 Å². The first-order valence-corrected chi connectivity index (χ1v) is 16.8. The van der Waals surface area contributed by atoms with E-state index in [0.717, 1.165) is 48.2 Å². The van der Waals surface area contributed by atoms with E-state index >= 15 is 0 Å². The number of carbonyl (C=O) groups excluding carboxylic acids is 3. The van der Waals surface area contributed by atoms with Gasteiger partial charge in [0.15, 0.2) is 11.8 Å². The van der Waals surface area contributed by atoms with Crippen LogP contribution < -0.4 is 20.3 Å². The van der Waals surface area contributed by atoms with Crippen LogP contribution in [0.4, 0.5) is 22.0 Å². The molecule has 0 atom stereocenters. The molecule has 2 aromatic rings. The number of nitrogens with one attached hydrogen (secondary N) is 2. The van der Waals surface area contributed by atoms with Crippen LogP contribution in [0.2, 0.25) is 5.02 Å². The zero-order valence-corrected chi connectivity index (χ0v) is 28.2. The first-order chi connectivity index (χ1) is 21.4. The number of esters is 1. The molecular weight excluding hydrogens is 623 g/mol. The van der Waals surface area contributed by atoms with Crippen molar-refractivity contribution in [3.8, 4) is 5.75 Å². The molecule has 2 N–H and O–H groups in total. The SMILES string of the molecule is CCCCCOC(=O)COc1cc(N2C(=O)C3=C(CCCC3)C2=O)c(F)cc1Cl.CSc1nc(NC(C)C)nc(NC(C)C)n1. The van der Waals surface area contributed by atoms with Gasteiger partial charge in [0.25, 0.3) is 11.8 Å². The van der Waals surface area contributed by atoms with Gasteiger partial charge in [-0.25, -0.2) is 14.1 Å². The molecule has 1 aromatic heterocycles. The zero-order chi connectivity index (χ0) is 33.1. The highest BCUT2D eigenvalue weighted by Crippen LogP contribution is 2.39. The molecule has 246 valence electrons. The lowest BCUT2D eigenvalue weighted by atomic mass is 9.93. The van der Waals surface area contributed by atoms with Crippen LogP contribution in [0.3, 0.4) is 0 Å². The van der Waals surface area contributed by atoms with Crippen LogP contribution in [0.1, 0.15) is 79.6 Å². The van der Waals surface area contributed by atoms with E-state index in [1.165, 1.54) is 17.8 Å². The summed E-state index contributed by atoms with van der Waals surface area (Å²) in [5.41, 5.74) is 0.674. The van der Waals surface area contributed by atoms with Crippen molar-refractivity contribution in [1.29, 1.82) is 0 Å². The van der Waals surface area contributed by atoms with Gasteiger partial charge in [-0.1, -0.05) is 43.1 Å². The summed E-state index contributed by atoms with van der Waals surface area (Å²) in [6.07, 6.45) is 7.35. The number of nitrogens with zero attached hydrogens (tertiary/aromatic N) is 4. The number of halogens is 2. The highest BCUT2D eigenvalue weighted by molar-refractivity contribution is 7.98. The molecule has 0 spiro atoms. The maximum atomic E-state index is 14.5. The van der Waals surface area contributed by atoms with Crippen LogP contribution in [0.25, 0.3) is 0 Å². The largest absolute Gasteiger partial charge is 0.480 e. The number of imide groups is 1. The summed E-state index contributed by atoms with van der Waals surface area (Å²) in [5.74, 6) is -1.16. The molecular formula is C31H42ClFN6O5S. The van der Waals surface area contributed by atoms with Gasteiger partial charge in [-0.2, -0.15) is 15.0 Å². The molecule has 45 heavy (non-hydrogen) atoms. The molecule has 0 fully saturated rings. The number of ether oxygens (including phenoxy) is 2. The van der Waals surface area contributed by atoms with E-state index in [9.17, 15) is 18.8 Å². The minimum atomic E-state index is -0.814. The van der Waals surface area contributed by atoms with Gasteiger partial charge >= 0.3 is 5.97 Å². The maximum Gasteiger partial charge on any atom is 0.344 e. The predicted octanol–water partition coefficient (Wildman–Crippen LogP) is 6.57. The number of anilines is 3. The van der Waals surface area contributed by atoms with Gasteiger partial charge in [0.1, 0.15) is 11.6 Å². The molecule has 1 aliphatic heterocycles. The summed E-state index contributed by atoms with van der Waals surface area (Å²) in [4.78, 5) is 50.8. The third kappa shape index (κ3) is 10.3. The van der Waals surface area contributed by atoms with Crippen LogP contribution in [0, 0.1) is 5.82 Å². The van der Waals surface area contributed by atoms with Crippen molar-refractivity contribution < 1.29 is 28.2 Å². The fraction of sp³-hybridized carbons (Fsp3) is 0.548. The Morgan fingerprint density at radius 3 is 2.09 bits per heavy atom. The summed E-state index contributed by atoms with van der Waals surface area (Å²) < 4.78 is 25.0. The van der Waals surface area contributed by atoms with E-state index in [4.69, 9.17) is 21.1 Å². The topological polar surface area (TPSA) is 136 Å². The summed E-state index contributed by atoms with van der Waals surface area (Å²) in [6.45, 7) is 10.1. The van der Waals surface area contributed by atoms with Gasteiger partial charge in [0, 0.05) is 29.3 Å². The van der Waals surface area contributed by atoms with Crippen molar-refractivity contribution in [2.75, 3.05) is 35.0 Å². The fourth-order valence-corrected chi connectivity index (χ4v) is 5.13. The standard InChI is InChI=1S/C21H23ClFNO5.C10H19N5S/c1-2-3-6-9-28-19(25)12-29-18-11-17(16(23)10-15(18)22)24-20(26)13-7-4-5-8-14(13)21(24)27;1-6(2)11-8-13-9(12-7(3)4)15-10(14-8)16-5/h10-11H,2-9,12H2,1H3;6-7H,1-5H3,(H2,11,12,13,14,15).